The molecule has 0 aromatic heterocycles. The number of ether oxygens (including phenoxy) is 1. The number of halogens is 4. The highest BCUT2D eigenvalue weighted by atomic mass is 35.5. The minimum Gasteiger partial charge on any atom is -0.484 e. The summed E-state index contributed by atoms with van der Waals surface area (Å²) in [7, 11) is 0. The monoisotopic (exact) mass is 352 g/mol. The zero-order valence-electron chi connectivity index (χ0n) is 12.7. The fourth-order valence-electron chi connectivity index (χ4n) is 2.42. The fraction of sp³-hybridized carbons (Fsp3) is 0.533. The first-order chi connectivity index (χ1) is 10.3. The van der Waals surface area contributed by atoms with Crippen LogP contribution in [0.5, 0.6) is 5.75 Å². The minimum absolute atomic E-state index is 0. The molecular formula is C15H20ClF3N2O2. The number of hydrogen-bond acceptors (Lipinski definition) is 3. The van der Waals surface area contributed by atoms with Crippen LogP contribution in [0.3, 0.4) is 0 Å². The van der Waals surface area contributed by atoms with E-state index in [-0.39, 0.29) is 30.1 Å². The first-order valence-electron chi connectivity index (χ1n) is 7.17. The second-order valence-corrected chi connectivity index (χ2v) is 5.38. The molecule has 1 unspecified atom stereocenters. The Bertz CT molecular complexity index is 532. The van der Waals surface area contributed by atoms with E-state index in [9.17, 15) is 18.0 Å². The number of benzene rings is 1. The van der Waals surface area contributed by atoms with Crippen LogP contribution in [-0.4, -0.2) is 31.3 Å². The molecule has 0 bridgehead atoms. The molecule has 1 saturated heterocycles. The molecule has 130 valence electrons. The molecule has 1 aliphatic rings. The Kier molecular flexibility index (Phi) is 7.15. The summed E-state index contributed by atoms with van der Waals surface area (Å²) in [5.41, 5.74) is 0.960. The molecule has 1 aromatic carbocycles. The Balaban J connectivity index is 0.00000264. The van der Waals surface area contributed by atoms with Crippen molar-refractivity contribution in [1.29, 1.82) is 0 Å². The largest absolute Gasteiger partial charge is 0.484 e. The SMILES string of the molecule is Cc1c(NC(=O)CC2CCCN2)cccc1OCC(F)(F)F.Cl. The predicted molar refractivity (Wildman–Crippen MR) is 84.2 cm³/mol. The van der Waals surface area contributed by atoms with Gasteiger partial charge in [-0.25, -0.2) is 0 Å². The fourth-order valence-corrected chi connectivity index (χ4v) is 2.42. The molecule has 4 nitrogen and oxygen atoms in total. The zero-order valence-corrected chi connectivity index (χ0v) is 13.5. The van der Waals surface area contributed by atoms with Gasteiger partial charge in [0.15, 0.2) is 6.61 Å². The lowest BCUT2D eigenvalue weighted by molar-refractivity contribution is -0.153. The molecule has 1 aliphatic heterocycles. The topological polar surface area (TPSA) is 50.4 Å². The summed E-state index contributed by atoms with van der Waals surface area (Å²) in [6, 6.07) is 4.83. The second-order valence-electron chi connectivity index (χ2n) is 5.38. The Morgan fingerprint density at radius 3 is 2.78 bits per heavy atom. The quantitative estimate of drug-likeness (QED) is 0.853. The molecule has 1 fully saturated rings. The lowest BCUT2D eigenvalue weighted by Gasteiger charge is -2.15. The Hall–Kier alpha value is -1.47. The lowest BCUT2D eigenvalue weighted by atomic mass is 10.1. The van der Waals surface area contributed by atoms with Crippen molar-refractivity contribution in [2.45, 2.75) is 38.4 Å². The van der Waals surface area contributed by atoms with Crippen LogP contribution in [0.25, 0.3) is 0 Å². The van der Waals surface area contributed by atoms with Gasteiger partial charge >= 0.3 is 6.18 Å². The van der Waals surface area contributed by atoms with Gasteiger partial charge in [0.2, 0.25) is 5.91 Å². The van der Waals surface area contributed by atoms with Gasteiger partial charge in [-0.1, -0.05) is 6.07 Å². The molecule has 1 amide bonds. The maximum Gasteiger partial charge on any atom is 0.422 e. The zero-order chi connectivity index (χ0) is 16.2. The van der Waals surface area contributed by atoms with Crippen LogP contribution < -0.4 is 15.4 Å². The summed E-state index contributed by atoms with van der Waals surface area (Å²) in [4.78, 5) is 12.0. The molecule has 8 heteroatoms. The van der Waals surface area contributed by atoms with Gasteiger partial charge in [0, 0.05) is 23.7 Å². The number of alkyl halides is 3. The molecule has 1 heterocycles. The van der Waals surface area contributed by atoms with E-state index in [2.05, 4.69) is 10.6 Å². The van der Waals surface area contributed by atoms with Gasteiger partial charge < -0.3 is 15.4 Å². The van der Waals surface area contributed by atoms with E-state index in [0.717, 1.165) is 19.4 Å². The molecular weight excluding hydrogens is 333 g/mol. The molecule has 1 atom stereocenters. The molecule has 0 spiro atoms. The van der Waals surface area contributed by atoms with Crippen molar-refractivity contribution < 1.29 is 22.7 Å². The summed E-state index contributed by atoms with van der Waals surface area (Å²) in [6.07, 6.45) is -2.02. The van der Waals surface area contributed by atoms with Gasteiger partial charge in [-0.3, -0.25) is 4.79 Å². The average Bonchev–Trinajstić information content (AvgIpc) is 2.91. The average molecular weight is 353 g/mol. The number of carbonyl (C=O) groups excluding carboxylic acids is 1. The van der Waals surface area contributed by atoms with Gasteiger partial charge in [0.25, 0.3) is 0 Å². The van der Waals surface area contributed by atoms with Gasteiger partial charge in [-0.05, 0) is 38.4 Å². The van der Waals surface area contributed by atoms with E-state index in [1.54, 1.807) is 19.1 Å². The number of amides is 1. The van der Waals surface area contributed by atoms with Crippen molar-refractivity contribution in [1.82, 2.24) is 5.32 Å². The van der Waals surface area contributed by atoms with Gasteiger partial charge in [0.1, 0.15) is 5.75 Å². The smallest absolute Gasteiger partial charge is 0.422 e. The second kappa shape index (κ2) is 8.40. The van der Waals surface area contributed by atoms with E-state index < -0.39 is 12.8 Å². The third-order valence-corrected chi connectivity index (χ3v) is 3.54. The number of nitrogens with one attached hydrogen (secondary N) is 2. The van der Waals surface area contributed by atoms with Crippen molar-refractivity contribution in [3.8, 4) is 5.75 Å². The molecule has 2 rings (SSSR count). The molecule has 0 radical (unpaired) electrons. The van der Waals surface area contributed by atoms with Crippen molar-refractivity contribution in [2.24, 2.45) is 0 Å². The van der Waals surface area contributed by atoms with Crippen molar-refractivity contribution in [2.75, 3.05) is 18.5 Å². The third kappa shape index (κ3) is 6.27. The van der Waals surface area contributed by atoms with Crippen LogP contribution in [-0.2, 0) is 4.79 Å². The van der Waals surface area contributed by atoms with Crippen molar-refractivity contribution >= 4 is 24.0 Å². The Labute approximate surface area is 139 Å². The van der Waals surface area contributed by atoms with Crippen LogP contribution in [0.4, 0.5) is 18.9 Å². The predicted octanol–water partition coefficient (Wildman–Crippen LogP) is 3.44. The number of carbonyl (C=O) groups is 1. The van der Waals surface area contributed by atoms with Crippen molar-refractivity contribution in [3.63, 3.8) is 0 Å². The Morgan fingerprint density at radius 1 is 1.43 bits per heavy atom. The lowest BCUT2D eigenvalue weighted by Crippen LogP contribution is -2.27. The first kappa shape index (κ1) is 19.6. The molecule has 0 aliphatic carbocycles. The minimum atomic E-state index is -4.39. The Morgan fingerprint density at radius 2 is 2.17 bits per heavy atom. The highest BCUT2D eigenvalue weighted by Gasteiger charge is 2.28. The summed E-state index contributed by atoms with van der Waals surface area (Å²) in [5, 5.41) is 5.96. The number of hydrogen-bond donors (Lipinski definition) is 2. The highest BCUT2D eigenvalue weighted by molar-refractivity contribution is 5.92. The van der Waals surface area contributed by atoms with Crippen LogP contribution >= 0.6 is 12.4 Å². The highest BCUT2D eigenvalue weighted by Crippen LogP contribution is 2.27. The maximum absolute atomic E-state index is 12.2. The van der Waals surface area contributed by atoms with E-state index in [0.29, 0.717) is 17.7 Å². The van der Waals surface area contributed by atoms with Gasteiger partial charge in [0.05, 0.1) is 0 Å². The molecule has 23 heavy (non-hydrogen) atoms. The number of rotatable bonds is 5. The summed E-state index contributed by atoms with van der Waals surface area (Å²) < 4.78 is 41.4. The molecule has 0 saturated carbocycles. The van der Waals surface area contributed by atoms with E-state index >= 15 is 0 Å². The maximum atomic E-state index is 12.2. The van der Waals surface area contributed by atoms with Gasteiger partial charge in [-0.2, -0.15) is 13.2 Å². The summed E-state index contributed by atoms with van der Waals surface area (Å²) in [5.74, 6) is -0.0374. The van der Waals surface area contributed by atoms with Crippen LogP contribution in [0, 0.1) is 6.92 Å². The van der Waals surface area contributed by atoms with E-state index in [4.69, 9.17) is 4.74 Å². The number of anilines is 1. The van der Waals surface area contributed by atoms with Crippen molar-refractivity contribution in [3.05, 3.63) is 23.8 Å². The molecule has 1 aromatic rings. The third-order valence-electron chi connectivity index (χ3n) is 3.54. The van der Waals surface area contributed by atoms with Crippen LogP contribution in [0.15, 0.2) is 18.2 Å². The standard InChI is InChI=1S/C15H19F3N2O2.ClH/c1-10-12(20-14(21)8-11-4-3-7-19-11)5-2-6-13(10)22-9-15(16,17)18;/h2,5-6,11,19H,3-4,7-9H2,1H3,(H,20,21);1H. The summed E-state index contributed by atoms with van der Waals surface area (Å²) in [6.45, 7) is 1.18. The summed E-state index contributed by atoms with van der Waals surface area (Å²) >= 11 is 0. The normalized spacial score (nSPS) is 17.5. The van der Waals surface area contributed by atoms with E-state index in [1.165, 1.54) is 6.07 Å². The van der Waals surface area contributed by atoms with Gasteiger partial charge in [-0.15, -0.1) is 12.4 Å². The first-order valence-corrected chi connectivity index (χ1v) is 7.17. The molecule has 2 N–H and O–H groups in total. The van der Waals surface area contributed by atoms with Crippen LogP contribution in [0.1, 0.15) is 24.8 Å². The van der Waals surface area contributed by atoms with E-state index in [1.807, 2.05) is 0 Å². The van der Waals surface area contributed by atoms with Crippen LogP contribution in [0.2, 0.25) is 0 Å².